The van der Waals surface area contributed by atoms with Crippen LogP contribution in [0.15, 0.2) is 140 Å². The van der Waals surface area contributed by atoms with Gasteiger partial charge in [-0.05, 0) is 140 Å². The molecule has 0 aliphatic heterocycles. The number of hydrogen-bond donors (Lipinski definition) is 0. The molecule has 1 heterocycles. The molecule has 10 rings (SSSR count). The van der Waals surface area contributed by atoms with Crippen molar-refractivity contribution in [2.75, 3.05) is 0 Å². The Balaban J connectivity index is 1.35. The standard InChI is InChI=1S/C51H39N3/c1-30-26-42-38-22-13-11-20-36(38)28-44(42)46(32(30)3)40-24-15-25-41(49(40)47-33(4)31(2)27-43-39-23-14-12-21-37(39)29-45(43)47)51-48(34-16-7-5-8-17-34)50(52-54-53-51)35-18-9-6-10-19-35/h5-27H,28-29H2,1-4H3. The Morgan fingerprint density at radius 2 is 0.852 bits per heavy atom. The lowest BCUT2D eigenvalue weighted by Crippen LogP contribution is -2.05. The van der Waals surface area contributed by atoms with Crippen molar-refractivity contribution in [2.45, 2.75) is 40.5 Å². The quantitative estimate of drug-likeness (QED) is 0.180. The summed E-state index contributed by atoms with van der Waals surface area (Å²) in [5.74, 6) is 0. The second-order valence-corrected chi connectivity index (χ2v) is 14.9. The van der Waals surface area contributed by atoms with Gasteiger partial charge in [0.05, 0.1) is 0 Å². The summed E-state index contributed by atoms with van der Waals surface area (Å²) in [6.45, 7) is 9.15. The smallest absolute Gasteiger partial charge is 0.105 e. The molecule has 2 aliphatic rings. The minimum atomic E-state index is 0.824. The highest BCUT2D eigenvalue weighted by atomic mass is 15.3. The Labute approximate surface area is 317 Å². The van der Waals surface area contributed by atoms with Gasteiger partial charge in [0.2, 0.25) is 0 Å². The molecule has 0 atom stereocenters. The Morgan fingerprint density at radius 3 is 1.48 bits per heavy atom. The first-order valence-electron chi connectivity index (χ1n) is 18.9. The normalized spacial score (nSPS) is 12.3. The second kappa shape index (κ2) is 12.6. The van der Waals surface area contributed by atoms with Gasteiger partial charge in [0.15, 0.2) is 0 Å². The lowest BCUT2D eigenvalue weighted by atomic mass is 9.78. The number of rotatable bonds is 5. The largest absolute Gasteiger partial charge is 0.129 e. The van der Waals surface area contributed by atoms with Crippen LogP contribution in [0.3, 0.4) is 0 Å². The average molecular weight is 694 g/mol. The molecule has 3 nitrogen and oxygen atoms in total. The van der Waals surface area contributed by atoms with E-state index in [9.17, 15) is 0 Å². The lowest BCUT2D eigenvalue weighted by Gasteiger charge is -2.25. The van der Waals surface area contributed by atoms with Crippen molar-refractivity contribution in [2.24, 2.45) is 0 Å². The van der Waals surface area contributed by atoms with E-state index < -0.39 is 0 Å². The summed E-state index contributed by atoms with van der Waals surface area (Å²) < 4.78 is 0. The molecular formula is C51H39N3. The van der Waals surface area contributed by atoms with E-state index in [0.29, 0.717) is 0 Å². The maximum atomic E-state index is 5.00. The van der Waals surface area contributed by atoms with Crippen LogP contribution in [0.2, 0.25) is 0 Å². The average Bonchev–Trinajstić information content (AvgIpc) is 3.77. The fourth-order valence-corrected chi connectivity index (χ4v) is 9.16. The first-order chi connectivity index (χ1) is 26.5. The van der Waals surface area contributed by atoms with E-state index in [0.717, 1.165) is 46.5 Å². The third-order valence-corrected chi connectivity index (χ3v) is 12.0. The van der Waals surface area contributed by atoms with Gasteiger partial charge >= 0.3 is 0 Å². The molecule has 0 saturated heterocycles. The maximum absolute atomic E-state index is 5.00. The molecule has 0 radical (unpaired) electrons. The first kappa shape index (κ1) is 32.2. The maximum Gasteiger partial charge on any atom is 0.105 e. The van der Waals surface area contributed by atoms with Gasteiger partial charge in [-0.25, -0.2) is 0 Å². The van der Waals surface area contributed by atoms with E-state index in [-0.39, 0.29) is 0 Å². The molecule has 8 aromatic rings. The zero-order chi connectivity index (χ0) is 36.5. The van der Waals surface area contributed by atoms with E-state index in [1.807, 2.05) is 6.07 Å². The highest BCUT2D eigenvalue weighted by molar-refractivity contribution is 6.04. The minimum Gasteiger partial charge on any atom is -0.129 e. The van der Waals surface area contributed by atoms with Gasteiger partial charge in [-0.15, -0.1) is 10.2 Å². The SMILES string of the molecule is Cc1cc2c(c(-c3cccc(-c4nnnc(-c5ccccc5)c4-c4ccccc4)c3-c3c(C)c(C)cc4c3Cc3ccccc3-4)c1C)Cc1ccccc1-2. The predicted octanol–water partition coefficient (Wildman–Crippen LogP) is 12.6. The molecule has 54 heavy (non-hydrogen) atoms. The van der Waals surface area contributed by atoms with E-state index in [2.05, 4.69) is 166 Å². The summed E-state index contributed by atoms with van der Waals surface area (Å²) >= 11 is 0. The highest BCUT2D eigenvalue weighted by Crippen LogP contribution is 2.53. The van der Waals surface area contributed by atoms with E-state index in [4.69, 9.17) is 10.2 Å². The minimum absolute atomic E-state index is 0.824. The van der Waals surface area contributed by atoms with Crippen LogP contribution in [-0.4, -0.2) is 15.4 Å². The van der Waals surface area contributed by atoms with Crippen molar-refractivity contribution in [3.63, 3.8) is 0 Å². The van der Waals surface area contributed by atoms with Crippen molar-refractivity contribution >= 4 is 0 Å². The van der Waals surface area contributed by atoms with Crippen molar-refractivity contribution in [1.82, 2.24) is 15.4 Å². The molecule has 1 aromatic heterocycles. The Morgan fingerprint density at radius 1 is 0.370 bits per heavy atom. The number of benzene rings is 7. The molecule has 0 amide bonds. The second-order valence-electron chi connectivity index (χ2n) is 14.9. The summed E-state index contributed by atoms with van der Waals surface area (Å²) in [7, 11) is 0. The molecule has 3 heteroatoms. The predicted molar refractivity (Wildman–Crippen MR) is 222 cm³/mol. The van der Waals surface area contributed by atoms with Gasteiger partial charge in [0.1, 0.15) is 11.4 Å². The van der Waals surface area contributed by atoms with Gasteiger partial charge in [-0.3, -0.25) is 0 Å². The monoisotopic (exact) mass is 693 g/mol. The van der Waals surface area contributed by atoms with Crippen molar-refractivity contribution < 1.29 is 0 Å². The van der Waals surface area contributed by atoms with Crippen LogP contribution in [0.1, 0.15) is 44.5 Å². The van der Waals surface area contributed by atoms with Gasteiger partial charge in [-0.2, -0.15) is 0 Å². The molecular weight excluding hydrogens is 655 g/mol. The Kier molecular flexibility index (Phi) is 7.52. The number of fused-ring (bicyclic) bond motifs is 6. The van der Waals surface area contributed by atoms with Crippen LogP contribution in [0, 0.1) is 27.7 Å². The summed E-state index contributed by atoms with van der Waals surface area (Å²) in [6.07, 6.45) is 1.79. The zero-order valence-corrected chi connectivity index (χ0v) is 31.0. The molecule has 0 bridgehead atoms. The third kappa shape index (κ3) is 4.92. The van der Waals surface area contributed by atoms with Crippen molar-refractivity contribution in [3.8, 4) is 78.1 Å². The highest BCUT2D eigenvalue weighted by Gasteiger charge is 2.32. The first-order valence-corrected chi connectivity index (χ1v) is 18.9. The summed E-state index contributed by atoms with van der Waals surface area (Å²) in [4.78, 5) is 0. The van der Waals surface area contributed by atoms with Crippen molar-refractivity contribution in [3.05, 3.63) is 184 Å². The molecule has 258 valence electrons. The van der Waals surface area contributed by atoms with Gasteiger partial charge < -0.3 is 0 Å². The van der Waals surface area contributed by atoms with Crippen molar-refractivity contribution in [1.29, 1.82) is 0 Å². The van der Waals surface area contributed by atoms with E-state index in [1.165, 1.54) is 89.0 Å². The van der Waals surface area contributed by atoms with E-state index >= 15 is 0 Å². The Bertz CT molecular complexity index is 2800. The molecule has 7 aromatic carbocycles. The van der Waals surface area contributed by atoms with Gasteiger partial charge in [-0.1, -0.05) is 140 Å². The van der Waals surface area contributed by atoms with Crippen LogP contribution in [0.25, 0.3) is 78.1 Å². The molecule has 0 N–H and O–H groups in total. The molecule has 0 fully saturated rings. The number of nitrogens with zero attached hydrogens (tertiary/aromatic N) is 3. The van der Waals surface area contributed by atoms with Crippen LogP contribution in [0.5, 0.6) is 0 Å². The lowest BCUT2D eigenvalue weighted by molar-refractivity contribution is 0.879. The molecule has 0 spiro atoms. The fraction of sp³-hybridized carbons (Fsp3) is 0.118. The number of aryl methyl sites for hydroxylation is 2. The number of aromatic nitrogens is 3. The molecule has 2 aliphatic carbocycles. The van der Waals surface area contributed by atoms with Crippen LogP contribution >= 0.6 is 0 Å². The van der Waals surface area contributed by atoms with E-state index in [1.54, 1.807) is 0 Å². The van der Waals surface area contributed by atoms with Crippen LogP contribution < -0.4 is 0 Å². The topological polar surface area (TPSA) is 38.7 Å². The third-order valence-electron chi connectivity index (χ3n) is 12.0. The summed E-state index contributed by atoms with van der Waals surface area (Å²) in [5.41, 5.74) is 27.0. The van der Waals surface area contributed by atoms with Crippen LogP contribution in [-0.2, 0) is 12.8 Å². The summed E-state index contributed by atoms with van der Waals surface area (Å²) in [6, 6.07) is 50.5. The fourth-order valence-electron chi connectivity index (χ4n) is 9.16. The Hall–Kier alpha value is -6.45. The molecule has 0 saturated carbocycles. The summed E-state index contributed by atoms with van der Waals surface area (Å²) in [5, 5.41) is 14.3. The van der Waals surface area contributed by atoms with Gasteiger partial charge in [0, 0.05) is 16.7 Å². The molecule has 0 unspecified atom stereocenters. The number of hydrogen-bond acceptors (Lipinski definition) is 3. The van der Waals surface area contributed by atoms with Crippen LogP contribution in [0.4, 0.5) is 0 Å². The zero-order valence-electron chi connectivity index (χ0n) is 31.0. The van der Waals surface area contributed by atoms with Gasteiger partial charge in [0.25, 0.3) is 0 Å².